The molecule has 1 aromatic rings. The van der Waals surface area contributed by atoms with Gasteiger partial charge in [0.15, 0.2) is 0 Å². The Balaban J connectivity index is 1.84. The summed E-state index contributed by atoms with van der Waals surface area (Å²) in [7, 11) is 0. The lowest BCUT2D eigenvalue weighted by molar-refractivity contribution is -0.142. The van der Waals surface area contributed by atoms with E-state index in [1.54, 1.807) is 4.90 Å². The number of urea groups is 1. The molecule has 0 aromatic heterocycles. The highest BCUT2D eigenvalue weighted by Crippen LogP contribution is 2.08. The molecule has 13 nitrogen and oxygen atoms in total. The molecular weight excluding hydrogens is 506 g/mol. The summed E-state index contributed by atoms with van der Waals surface area (Å²) in [5.41, 5.74) is 8.45. The molecule has 13 heteroatoms. The Morgan fingerprint density at radius 3 is 2.21 bits per heavy atom. The number of hydrogen-bond acceptors (Lipinski definition) is 6. The number of nitrogens with zero attached hydrogens (tertiary/aromatic N) is 2. The maximum absolute atomic E-state index is 12.6. The number of piperidine rings is 1. The second kappa shape index (κ2) is 15.7. The van der Waals surface area contributed by atoms with E-state index in [2.05, 4.69) is 21.4 Å². The van der Waals surface area contributed by atoms with Gasteiger partial charge in [-0.3, -0.25) is 29.4 Å². The number of nitrogens with one attached hydrogen (secondary N) is 4. The smallest absolute Gasteiger partial charge is 0.318 e. The van der Waals surface area contributed by atoms with Crippen LogP contribution in [0.15, 0.2) is 42.5 Å². The quantitative estimate of drug-likeness (QED) is 0.182. The second-order valence-electron chi connectivity index (χ2n) is 9.18. The van der Waals surface area contributed by atoms with Crippen LogP contribution in [0.1, 0.15) is 38.7 Å². The van der Waals surface area contributed by atoms with E-state index in [-0.39, 0.29) is 6.03 Å². The summed E-state index contributed by atoms with van der Waals surface area (Å²) in [6, 6.07) is 7.11. The molecule has 1 heterocycles. The minimum absolute atomic E-state index is 0.344. The van der Waals surface area contributed by atoms with Crippen molar-refractivity contribution in [2.24, 2.45) is 5.73 Å². The molecule has 212 valence electrons. The molecule has 0 unspecified atom stereocenters. The maximum atomic E-state index is 12.6. The summed E-state index contributed by atoms with van der Waals surface area (Å²) in [4.78, 5) is 75.1. The number of carbonyl (C=O) groups is 6. The SMILES string of the molecule is C[C@H](NC(=O)[C@H](C)NC(=O)N1CCCCC1)C(=O)NN(CC(N)=O)C(=O)/C=C/C(=O)NCCc1ccccc1. The third kappa shape index (κ3) is 11.2. The molecular formula is C26H37N7O6. The lowest BCUT2D eigenvalue weighted by Crippen LogP contribution is -2.57. The van der Waals surface area contributed by atoms with Gasteiger partial charge < -0.3 is 26.6 Å². The Kier molecular flexibility index (Phi) is 12.4. The molecule has 1 aromatic carbocycles. The van der Waals surface area contributed by atoms with Crippen LogP contribution in [0.5, 0.6) is 0 Å². The first-order valence-corrected chi connectivity index (χ1v) is 12.8. The van der Waals surface area contributed by atoms with Crippen molar-refractivity contribution in [3.63, 3.8) is 0 Å². The highest BCUT2D eigenvalue weighted by atomic mass is 16.2. The van der Waals surface area contributed by atoms with E-state index in [1.807, 2.05) is 30.3 Å². The monoisotopic (exact) mass is 543 g/mol. The first-order valence-electron chi connectivity index (χ1n) is 12.8. The van der Waals surface area contributed by atoms with Crippen molar-refractivity contribution in [2.45, 2.75) is 51.6 Å². The van der Waals surface area contributed by atoms with Gasteiger partial charge in [-0.05, 0) is 45.1 Å². The zero-order valence-electron chi connectivity index (χ0n) is 22.3. The fraction of sp³-hybridized carbons (Fsp3) is 0.462. The van der Waals surface area contributed by atoms with Crippen molar-refractivity contribution in [1.82, 2.24) is 31.3 Å². The van der Waals surface area contributed by atoms with Crippen molar-refractivity contribution in [3.05, 3.63) is 48.0 Å². The molecule has 0 spiro atoms. The van der Waals surface area contributed by atoms with Gasteiger partial charge in [0.1, 0.15) is 18.6 Å². The summed E-state index contributed by atoms with van der Waals surface area (Å²) >= 11 is 0. The van der Waals surface area contributed by atoms with Gasteiger partial charge >= 0.3 is 6.03 Å². The van der Waals surface area contributed by atoms with Gasteiger partial charge in [0.2, 0.25) is 17.7 Å². The number of primary amides is 1. The molecule has 1 aliphatic heterocycles. The minimum Gasteiger partial charge on any atom is -0.368 e. The van der Waals surface area contributed by atoms with E-state index >= 15 is 0 Å². The predicted octanol–water partition coefficient (Wildman–Crippen LogP) is -0.665. The van der Waals surface area contributed by atoms with Gasteiger partial charge in [-0.2, -0.15) is 0 Å². The van der Waals surface area contributed by atoms with Crippen LogP contribution in [0, 0.1) is 0 Å². The number of amides is 7. The van der Waals surface area contributed by atoms with Gasteiger partial charge in [0, 0.05) is 31.8 Å². The van der Waals surface area contributed by atoms with E-state index in [0.29, 0.717) is 31.1 Å². The average Bonchev–Trinajstić information content (AvgIpc) is 2.91. The van der Waals surface area contributed by atoms with Gasteiger partial charge in [-0.15, -0.1) is 0 Å². The van der Waals surface area contributed by atoms with Crippen molar-refractivity contribution >= 4 is 35.6 Å². The predicted molar refractivity (Wildman–Crippen MR) is 142 cm³/mol. The van der Waals surface area contributed by atoms with Gasteiger partial charge in [-0.1, -0.05) is 30.3 Å². The zero-order valence-corrected chi connectivity index (χ0v) is 22.3. The number of nitrogens with two attached hydrogens (primary N) is 1. The molecule has 1 fully saturated rings. The Labute approximate surface area is 227 Å². The maximum Gasteiger partial charge on any atom is 0.318 e. The van der Waals surface area contributed by atoms with Crippen LogP contribution in [0.2, 0.25) is 0 Å². The summed E-state index contributed by atoms with van der Waals surface area (Å²) in [6.07, 6.45) is 5.33. The largest absolute Gasteiger partial charge is 0.368 e. The first-order chi connectivity index (χ1) is 18.6. The molecule has 0 bridgehead atoms. The second-order valence-corrected chi connectivity index (χ2v) is 9.18. The van der Waals surface area contributed by atoms with E-state index in [9.17, 15) is 28.8 Å². The highest BCUT2D eigenvalue weighted by molar-refractivity contribution is 5.99. The Morgan fingerprint density at radius 2 is 1.56 bits per heavy atom. The highest BCUT2D eigenvalue weighted by Gasteiger charge is 2.25. The lowest BCUT2D eigenvalue weighted by atomic mass is 10.1. The van der Waals surface area contributed by atoms with Crippen LogP contribution < -0.4 is 27.1 Å². The van der Waals surface area contributed by atoms with Gasteiger partial charge in [0.05, 0.1) is 0 Å². The fourth-order valence-electron chi connectivity index (χ4n) is 3.67. The van der Waals surface area contributed by atoms with Crippen LogP contribution in [-0.2, 0) is 30.4 Å². The molecule has 0 aliphatic carbocycles. The Bertz CT molecular complexity index is 1060. The molecule has 6 N–H and O–H groups in total. The summed E-state index contributed by atoms with van der Waals surface area (Å²) < 4.78 is 0. The molecule has 0 radical (unpaired) electrons. The van der Waals surface area contributed by atoms with Crippen LogP contribution in [0.25, 0.3) is 0 Å². The minimum atomic E-state index is -1.12. The zero-order chi connectivity index (χ0) is 28.8. The normalized spacial score (nSPS) is 14.6. The van der Waals surface area contributed by atoms with Crippen LogP contribution in [0.3, 0.4) is 0 Å². The summed E-state index contributed by atoms with van der Waals surface area (Å²) in [5, 5.41) is 8.33. The van der Waals surface area contributed by atoms with Crippen molar-refractivity contribution in [3.8, 4) is 0 Å². The Hall–Kier alpha value is -4.42. The number of likely N-dealkylation sites (tertiary alicyclic amines) is 1. The average molecular weight is 544 g/mol. The van der Waals surface area contributed by atoms with Crippen LogP contribution in [0.4, 0.5) is 4.79 Å². The molecule has 2 rings (SSSR count). The number of hydrogen-bond donors (Lipinski definition) is 5. The molecule has 0 saturated carbocycles. The molecule has 1 saturated heterocycles. The number of rotatable bonds is 11. The van der Waals surface area contributed by atoms with E-state index in [0.717, 1.165) is 37.0 Å². The van der Waals surface area contributed by atoms with Gasteiger partial charge in [0.25, 0.3) is 11.8 Å². The number of carbonyl (C=O) groups excluding carboxylic acids is 6. The van der Waals surface area contributed by atoms with Gasteiger partial charge in [-0.25, -0.2) is 9.80 Å². The summed E-state index contributed by atoms with van der Waals surface area (Å²) in [6.45, 7) is 3.78. The molecule has 7 amide bonds. The fourth-order valence-corrected chi connectivity index (χ4v) is 3.67. The molecule has 1 aliphatic rings. The Morgan fingerprint density at radius 1 is 0.923 bits per heavy atom. The van der Waals surface area contributed by atoms with Crippen LogP contribution >= 0.6 is 0 Å². The van der Waals surface area contributed by atoms with Crippen molar-refractivity contribution in [2.75, 3.05) is 26.2 Å². The van der Waals surface area contributed by atoms with Crippen molar-refractivity contribution in [1.29, 1.82) is 0 Å². The van der Waals surface area contributed by atoms with Crippen molar-refractivity contribution < 1.29 is 28.8 Å². The summed E-state index contributed by atoms with van der Waals surface area (Å²) in [5.74, 6) is -3.74. The third-order valence-electron chi connectivity index (χ3n) is 5.89. The lowest BCUT2D eigenvalue weighted by Gasteiger charge is -2.28. The van der Waals surface area contributed by atoms with E-state index in [1.165, 1.54) is 13.8 Å². The first kappa shape index (κ1) is 30.8. The third-order valence-corrected chi connectivity index (χ3v) is 5.89. The van der Waals surface area contributed by atoms with E-state index < -0.39 is 48.2 Å². The number of hydrazine groups is 1. The standard InChI is InChI=1S/C26H37N7O6/c1-18(30-26(39)32-15-7-4-8-16-32)24(37)29-19(2)25(38)31-33(17-21(27)34)23(36)12-11-22(35)28-14-13-20-9-5-3-6-10-20/h3,5-6,9-12,18-19H,4,7-8,13-17H2,1-2H3,(H2,27,34)(H,28,35)(H,29,37)(H,30,39)(H,31,38)/b12-11+/t18-,19-/m0/s1. The molecule has 39 heavy (non-hydrogen) atoms. The van der Waals surface area contributed by atoms with Crippen LogP contribution in [-0.4, -0.2) is 83.7 Å². The topological polar surface area (TPSA) is 183 Å². The number of benzene rings is 1. The van der Waals surface area contributed by atoms with E-state index in [4.69, 9.17) is 5.73 Å². The molecule has 2 atom stereocenters.